The van der Waals surface area contributed by atoms with Gasteiger partial charge in [0, 0.05) is 23.0 Å². The lowest BCUT2D eigenvalue weighted by Crippen LogP contribution is -2.44. The van der Waals surface area contributed by atoms with Gasteiger partial charge in [-0.1, -0.05) is 30.3 Å². The molecule has 2 unspecified atom stereocenters. The van der Waals surface area contributed by atoms with Crippen LogP contribution in [0.25, 0.3) is 10.9 Å². The maximum absolute atomic E-state index is 13.6. The Hall–Kier alpha value is -2.66. The van der Waals surface area contributed by atoms with Gasteiger partial charge in [-0.05, 0) is 29.3 Å². The Bertz CT molecular complexity index is 903. The maximum Gasteiger partial charge on any atom is 0.321 e. The van der Waals surface area contributed by atoms with Crippen LogP contribution in [-0.2, 0) is 11.2 Å². The van der Waals surface area contributed by atoms with Gasteiger partial charge in [0.25, 0.3) is 0 Å². The fraction of sp³-hybridized carbons (Fsp3) is 0.167. The molecular weight excluding hydrogens is 295 g/mol. The molecule has 2 heterocycles. The first kappa shape index (κ1) is 14.0. The third kappa shape index (κ3) is 2.29. The number of aliphatic carboxylic acids is 1. The number of hydrogen-bond donors (Lipinski definition) is 3. The Morgan fingerprint density at radius 3 is 2.78 bits per heavy atom. The van der Waals surface area contributed by atoms with Crippen LogP contribution in [0, 0.1) is 5.82 Å². The first-order valence-electron chi connectivity index (χ1n) is 7.47. The summed E-state index contributed by atoms with van der Waals surface area (Å²) in [5, 5.41) is 13.6. The molecule has 2 atom stereocenters. The van der Waals surface area contributed by atoms with E-state index in [2.05, 4.69) is 10.3 Å². The van der Waals surface area contributed by atoms with E-state index >= 15 is 0 Å². The number of carbonyl (C=O) groups is 1. The van der Waals surface area contributed by atoms with E-state index in [1.165, 1.54) is 12.1 Å². The van der Waals surface area contributed by atoms with Gasteiger partial charge in [0.15, 0.2) is 0 Å². The molecule has 4 nitrogen and oxygen atoms in total. The summed E-state index contributed by atoms with van der Waals surface area (Å²) in [5.41, 5.74) is 3.57. The molecule has 0 aliphatic carbocycles. The molecule has 3 N–H and O–H groups in total. The average molecular weight is 310 g/mol. The van der Waals surface area contributed by atoms with Crippen LogP contribution in [0.15, 0.2) is 48.5 Å². The number of benzene rings is 2. The third-order valence-corrected chi connectivity index (χ3v) is 4.39. The number of rotatable bonds is 2. The van der Waals surface area contributed by atoms with Crippen molar-refractivity contribution in [3.05, 3.63) is 71.2 Å². The second kappa shape index (κ2) is 5.21. The molecule has 3 aromatic rings. The number of hydrogen-bond acceptors (Lipinski definition) is 2. The molecule has 0 bridgehead atoms. The van der Waals surface area contributed by atoms with Gasteiger partial charge in [-0.3, -0.25) is 10.1 Å². The molecule has 1 aliphatic heterocycles. The number of carboxylic acids is 1. The number of aromatic amines is 1. The van der Waals surface area contributed by atoms with Gasteiger partial charge < -0.3 is 10.1 Å². The van der Waals surface area contributed by atoms with Gasteiger partial charge in [-0.15, -0.1) is 0 Å². The summed E-state index contributed by atoms with van der Waals surface area (Å²) in [7, 11) is 0. The summed E-state index contributed by atoms with van der Waals surface area (Å²) in [5.74, 6) is -1.23. The SMILES string of the molecule is O=C(O)C1Cc2c([nH]c3ccccc23)C(c2cccc(F)c2)N1. The topological polar surface area (TPSA) is 65.1 Å². The first-order valence-corrected chi connectivity index (χ1v) is 7.47. The monoisotopic (exact) mass is 310 g/mol. The molecule has 1 aromatic heterocycles. The van der Waals surface area contributed by atoms with Gasteiger partial charge in [-0.2, -0.15) is 0 Å². The Labute approximate surface area is 132 Å². The minimum absolute atomic E-state index is 0.334. The Morgan fingerprint density at radius 1 is 1.17 bits per heavy atom. The van der Waals surface area contributed by atoms with Crippen molar-refractivity contribution in [2.45, 2.75) is 18.5 Å². The largest absolute Gasteiger partial charge is 0.480 e. The predicted octanol–water partition coefficient (Wildman–Crippen LogP) is 3.00. The number of carboxylic acid groups (broad SMARTS) is 1. The van der Waals surface area contributed by atoms with Crippen molar-refractivity contribution < 1.29 is 14.3 Å². The third-order valence-electron chi connectivity index (χ3n) is 4.39. The molecule has 0 saturated heterocycles. The zero-order chi connectivity index (χ0) is 16.0. The average Bonchev–Trinajstić information content (AvgIpc) is 2.92. The van der Waals surface area contributed by atoms with Crippen molar-refractivity contribution in [2.75, 3.05) is 0 Å². The van der Waals surface area contributed by atoms with E-state index in [-0.39, 0.29) is 11.9 Å². The number of para-hydroxylation sites is 1. The van der Waals surface area contributed by atoms with Gasteiger partial charge in [0.2, 0.25) is 0 Å². The van der Waals surface area contributed by atoms with E-state index in [9.17, 15) is 14.3 Å². The fourth-order valence-electron chi connectivity index (χ4n) is 3.34. The first-order chi connectivity index (χ1) is 11.1. The lowest BCUT2D eigenvalue weighted by atomic mass is 9.90. The molecule has 23 heavy (non-hydrogen) atoms. The van der Waals surface area contributed by atoms with Crippen LogP contribution >= 0.6 is 0 Å². The van der Waals surface area contributed by atoms with E-state index in [0.29, 0.717) is 12.0 Å². The van der Waals surface area contributed by atoms with Crippen LogP contribution in [0.5, 0.6) is 0 Å². The molecule has 116 valence electrons. The van der Waals surface area contributed by atoms with E-state index in [0.717, 1.165) is 22.2 Å². The highest BCUT2D eigenvalue weighted by Crippen LogP contribution is 2.35. The Balaban J connectivity index is 1.91. The van der Waals surface area contributed by atoms with Crippen LogP contribution in [0.1, 0.15) is 22.9 Å². The van der Waals surface area contributed by atoms with Crippen molar-refractivity contribution in [3.8, 4) is 0 Å². The molecule has 0 radical (unpaired) electrons. The fourth-order valence-corrected chi connectivity index (χ4v) is 3.34. The van der Waals surface area contributed by atoms with Crippen LogP contribution in [0.3, 0.4) is 0 Å². The zero-order valence-electron chi connectivity index (χ0n) is 12.2. The van der Waals surface area contributed by atoms with Crippen molar-refractivity contribution in [1.82, 2.24) is 10.3 Å². The summed E-state index contributed by atoms with van der Waals surface area (Å²) in [6.07, 6.45) is 0.403. The number of halogens is 1. The van der Waals surface area contributed by atoms with Crippen molar-refractivity contribution in [1.29, 1.82) is 0 Å². The van der Waals surface area contributed by atoms with Crippen LogP contribution in [0.2, 0.25) is 0 Å². The second-order valence-electron chi connectivity index (χ2n) is 5.81. The minimum Gasteiger partial charge on any atom is -0.480 e. The summed E-state index contributed by atoms with van der Waals surface area (Å²) in [4.78, 5) is 14.9. The highest BCUT2D eigenvalue weighted by Gasteiger charge is 2.33. The highest BCUT2D eigenvalue weighted by atomic mass is 19.1. The predicted molar refractivity (Wildman–Crippen MR) is 84.8 cm³/mol. The summed E-state index contributed by atoms with van der Waals surface area (Å²) in [6.45, 7) is 0. The molecule has 5 heteroatoms. The Kier molecular flexibility index (Phi) is 3.16. The Morgan fingerprint density at radius 2 is 2.00 bits per heavy atom. The van der Waals surface area contributed by atoms with E-state index in [1.54, 1.807) is 12.1 Å². The molecular formula is C18H15FN2O2. The zero-order valence-corrected chi connectivity index (χ0v) is 12.2. The standard InChI is InChI=1S/C18H15FN2O2/c19-11-5-3-4-10(8-11)16-17-13(9-15(21-16)18(22)23)12-6-1-2-7-14(12)20-17/h1-8,15-16,20-21H,9H2,(H,22,23). The molecule has 0 fully saturated rings. The molecule has 4 rings (SSSR count). The van der Waals surface area contributed by atoms with E-state index in [1.807, 2.05) is 24.3 Å². The van der Waals surface area contributed by atoms with Gasteiger partial charge in [0.05, 0.1) is 6.04 Å². The number of H-pyrrole nitrogens is 1. The van der Waals surface area contributed by atoms with Crippen molar-refractivity contribution in [3.63, 3.8) is 0 Å². The van der Waals surface area contributed by atoms with Gasteiger partial charge in [-0.25, -0.2) is 4.39 Å². The minimum atomic E-state index is -0.901. The van der Waals surface area contributed by atoms with E-state index in [4.69, 9.17) is 0 Å². The van der Waals surface area contributed by atoms with E-state index < -0.39 is 12.0 Å². The van der Waals surface area contributed by atoms with Crippen LogP contribution < -0.4 is 5.32 Å². The molecule has 0 saturated carbocycles. The summed E-state index contributed by atoms with van der Waals surface area (Å²) >= 11 is 0. The van der Waals surface area contributed by atoms with Crippen molar-refractivity contribution >= 4 is 16.9 Å². The number of aromatic nitrogens is 1. The number of fused-ring (bicyclic) bond motifs is 3. The summed E-state index contributed by atoms with van der Waals surface area (Å²) in [6, 6.07) is 13.0. The molecule has 2 aromatic carbocycles. The molecule has 0 spiro atoms. The normalized spacial score (nSPS) is 20.4. The molecule has 0 amide bonds. The van der Waals surface area contributed by atoms with Crippen molar-refractivity contribution in [2.24, 2.45) is 0 Å². The molecule has 1 aliphatic rings. The second-order valence-corrected chi connectivity index (χ2v) is 5.81. The quantitative estimate of drug-likeness (QED) is 0.682. The lowest BCUT2D eigenvalue weighted by molar-refractivity contribution is -0.139. The lowest BCUT2D eigenvalue weighted by Gasteiger charge is -2.29. The van der Waals surface area contributed by atoms with Crippen LogP contribution in [-0.4, -0.2) is 22.1 Å². The smallest absolute Gasteiger partial charge is 0.321 e. The highest BCUT2D eigenvalue weighted by molar-refractivity contribution is 5.87. The van der Waals surface area contributed by atoms with Crippen LogP contribution in [0.4, 0.5) is 4.39 Å². The summed E-state index contributed by atoms with van der Waals surface area (Å²) < 4.78 is 13.6. The number of nitrogens with one attached hydrogen (secondary N) is 2. The van der Waals surface area contributed by atoms with Gasteiger partial charge >= 0.3 is 5.97 Å². The van der Waals surface area contributed by atoms with Gasteiger partial charge in [0.1, 0.15) is 11.9 Å². The maximum atomic E-state index is 13.6.